The third-order valence-corrected chi connectivity index (χ3v) is 3.31. The van der Waals surface area contributed by atoms with Gasteiger partial charge in [0, 0.05) is 13.1 Å². The molecule has 0 bridgehead atoms. The van der Waals surface area contributed by atoms with E-state index in [1.54, 1.807) is 7.05 Å². The molecule has 1 aliphatic rings. The second-order valence-corrected chi connectivity index (χ2v) is 4.96. The molecule has 2 unspecified atom stereocenters. The van der Waals surface area contributed by atoms with E-state index in [9.17, 15) is 9.90 Å². The zero-order chi connectivity index (χ0) is 11.6. The predicted molar refractivity (Wildman–Crippen MR) is 59.5 cm³/mol. The van der Waals surface area contributed by atoms with Gasteiger partial charge in [-0.15, -0.1) is 0 Å². The van der Waals surface area contributed by atoms with Crippen molar-refractivity contribution in [2.45, 2.75) is 38.8 Å². The lowest BCUT2D eigenvalue weighted by Gasteiger charge is -2.38. The Kier molecular flexibility index (Phi) is 3.73. The van der Waals surface area contributed by atoms with Crippen LogP contribution in [0.5, 0.6) is 0 Å². The van der Waals surface area contributed by atoms with E-state index in [2.05, 4.69) is 5.32 Å². The molecule has 15 heavy (non-hydrogen) atoms. The summed E-state index contributed by atoms with van der Waals surface area (Å²) in [5.74, 6) is 0.291. The molecule has 1 saturated heterocycles. The number of rotatable bonds is 2. The molecule has 2 N–H and O–H groups in total. The van der Waals surface area contributed by atoms with Gasteiger partial charge >= 0.3 is 0 Å². The van der Waals surface area contributed by atoms with E-state index in [0.717, 1.165) is 0 Å². The summed E-state index contributed by atoms with van der Waals surface area (Å²) in [5, 5.41) is 12.6. The average Bonchev–Trinajstić information content (AvgIpc) is 2.21. The molecule has 1 aliphatic heterocycles. The van der Waals surface area contributed by atoms with Crippen molar-refractivity contribution in [3.8, 4) is 0 Å². The second kappa shape index (κ2) is 4.49. The molecule has 0 spiro atoms. The van der Waals surface area contributed by atoms with Gasteiger partial charge in [-0.05, 0) is 33.2 Å². The van der Waals surface area contributed by atoms with Gasteiger partial charge in [-0.1, -0.05) is 6.92 Å². The highest BCUT2D eigenvalue weighted by molar-refractivity contribution is 5.85. The SMILES string of the molecule is CNC(C)(C)C(=O)N1CCC(O)C(C)C1. The molecule has 1 rings (SSSR count). The molecule has 88 valence electrons. The van der Waals surface area contributed by atoms with Crippen molar-refractivity contribution in [2.75, 3.05) is 20.1 Å². The van der Waals surface area contributed by atoms with E-state index in [-0.39, 0.29) is 17.9 Å². The zero-order valence-corrected chi connectivity index (χ0v) is 10.1. The number of amides is 1. The Hall–Kier alpha value is -0.610. The number of carbonyl (C=O) groups is 1. The van der Waals surface area contributed by atoms with Crippen LogP contribution in [0.4, 0.5) is 0 Å². The Morgan fingerprint density at radius 3 is 2.60 bits per heavy atom. The van der Waals surface area contributed by atoms with Crippen molar-refractivity contribution in [2.24, 2.45) is 5.92 Å². The van der Waals surface area contributed by atoms with Crippen LogP contribution in [0.1, 0.15) is 27.2 Å². The number of hydrogen-bond acceptors (Lipinski definition) is 3. The summed E-state index contributed by atoms with van der Waals surface area (Å²) in [7, 11) is 1.79. The largest absolute Gasteiger partial charge is 0.393 e. The molecule has 1 fully saturated rings. The highest BCUT2D eigenvalue weighted by Crippen LogP contribution is 2.19. The van der Waals surface area contributed by atoms with Gasteiger partial charge in [0.25, 0.3) is 0 Å². The van der Waals surface area contributed by atoms with Crippen LogP contribution in [-0.4, -0.2) is 47.7 Å². The number of nitrogens with one attached hydrogen (secondary N) is 1. The van der Waals surface area contributed by atoms with Gasteiger partial charge in [0.2, 0.25) is 5.91 Å². The fraction of sp³-hybridized carbons (Fsp3) is 0.909. The smallest absolute Gasteiger partial charge is 0.242 e. The number of likely N-dealkylation sites (tertiary alicyclic amines) is 1. The highest BCUT2D eigenvalue weighted by atomic mass is 16.3. The number of aliphatic hydroxyl groups is 1. The molecule has 0 aromatic carbocycles. The molecule has 4 heteroatoms. The topological polar surface area (TPSA) is 52.6 Å². The maximum absolute atomic E-state index is 12.1. The van der Waals surface area contributed by atoms with Crippen molar-refractivity contribution in [1.82, 2.24) is 10.2 Å². The minimum atomic E-state index is -0.512. The quantitative estimate of drug-likeness (QED) is 0.691. The molecular formula is C11H22N2O2. The van der Waals surface area contributed by atoms with E-state index in [1.165, 1.54) is 0 Å². The Labute approximate surface area is 91.6 Å². The molecule has 2 atom stereocenters. The monoisotopic (exact) mass is 214 g/mol. The molecule has 0 aromatic rings. The fourth-order valence-corrected chi connectivity index (χ4v) is 1.82. The molecule has 0 aliphatic carbocycles. The van der Waals surface area contributed by atoms with Gasteiger partial charge in [-0.25, -0.2) is 0 Å². The summed E-state index contributed by atoms with van der Waals surface area (Å²) >= 11 is 0. The van der Waals surface area contributed by atoms with Crippen molar-refractivity contribution < 1.29 is 9.90 Å². The Morgan fingerprint density at radius 2 is 2.13 bits per heavy atom. The lowest BCUT2D eigenvalue weighted by Crippen LogP contribution is -2.56. The van der Waals surface area contributed by atoms with Crippen molar-refractivity contribution in [3.05, 3.63) is 0 Å². The minimum Gasteiger partial charge on any atom is -0.393 e. The standard InChI is InChI=1S/C11H22N2O2/c1-8-7-13(6-5-9(8)14)10(15)11(2,3)12-4/h8-9,12,14H,5-7H2,1-4H3. The first kappa shape index (κ1) is 12.5. The van der Waals surface area contributed by atoms with Gasteiger partial charge < -0.3 is 15.3 Å². The highest BCUT2D eigenvalue weighted by Gasteiger charge is 2.34. The summed E-state index contributed by atoms with van der Waals surface area (Å²) in [6.07, 6.45) is 0.430. The Bertz CT molecular complexity index is 241. The molecule has 1 heterocycles. The van der Waals surface area contributed by atoms with Gasteiger partial charge in [0.15, 0.2) is 0 Å². The first-order valence-corrected chi connectivity index (χ1v) is 5.55. The number of carbonyl (C=O) groups excluding carboxylic acids is 1. The van der Waals surface area contributed by atoms with E-state index in [4.69, 9.17) is 0 Å². The number of piperidine rings is 1. The van der Waals surface area contributed by atoms with E-state index < -0.39 is 5.54 Å². The van der Waals surface area contributed by atoms with Crippen molar-refractivity contribution in [3.63, 3.8) is 0 Å². The maximum Gasteiger partial charge on any atom is 0.242 e. The molecule has 0 saturated carbocycles. The molecular weight excluding hydrogens is 192 g/mol. The second-order valence-electron chi connectivity index (χ2n) is 4.96. The normalized spacial score (nSPS) is 27.9. The van der Waals surface area contributed by atoms with Crippen molar-refractivity contribution in [1.29, 1.82) is 0 Å². The Morgan fingerprint density at radius 1 is 1.53 bits per heavy atom. The molecule has 0 aromatic heterocycles. The third-order valence-electron chi connectivity index (χ3n) is 3.31. The van der Waals surface area contributed by atoms with E-state index in [1.807, 2.05) is 25.7 Å². The number of hydrogen-bond donors (Lipinski definition) is 2. The predicted octanol–water partition coefficient (Wildman–Crippen LogP) is 0.214. The van der Waals surface area contributed by atoms with Crippen LogP contribution in [0.15, 0.2) is 0 Å². The maximum atomic E-state index is 12.1. The van der Waals surface area contributed by atoms with Crippen LogP contribution in [0.25, 0.3) is 0 Å². The van der Waals surface area contributed by atoms with Crippen LogP contribution in [0, 0.1) is 5.92 Å². The van der Waals surface area contributed by atoms with E-state index >= 15 is 0 Å². The first-order chi connectivity index (χ1) is 6.88. The number of likely N-dealkylation sites (N-methyl/N-ethyl adjacent to an activating group) is 1. The van der Waals surface area contributed by atoms with Crippen LogP contribution in [0.2, 0.25) is 0 Å². The summed E-state index contributed by atoms with van der Waals surface area (Å²) in [6.45, 7) is 7.06. The fourth-order valence-electron chi connectivity index (χ4n) is 1.82. The zero-order valence-electron chi connectivity index (χ0n) is 10.1. The van der Waals surface area contributed by atoms with Crippen LogP contribution in [0.3, 0.4) is 0 Å². The van der Waals surface area contributed by atoms with Gasteiger partial charge in [0.05, 0.1) is 11.6 Å². The number of aliphatic hydroxyl groups excluding tert-OH is 1. The van der Waals surface area contributed by atoms with Crippen molar-refractivity contribution >= 4 is 5.91 Å². The summed E-state index contributed by atoms with van der Waals surface area (Å²) in [6, 6.07) is 0. The van der Waals surface area contributed by atoms with Crippen LogP contribution >= 0.6 is 0 Å². The van der Waals surface area contributed by atoms with Gasteiger partial charge in [0.1, 0.15) is 0 Å². The van der Waals surface area contributed by atoms with Gasteiger partial charge in [-0.2, -0.15) is 0 Å². The minimum absolute atomic E-state index is 0.115. The molecule has 4 nitrogen and oxygen atoms in total. The molecule has 1 amide bonds. The lowest BCUT2D eigenvalue weighted by molar-refractivity contribution is -0.140. The summed E-state index contributed by atoms with van der Waals surface area (Å²) in [4.78, 5) is 13.9. The Balaban J connectivity index is 2.62. The average molecular weight is 214 g/mol. The van der Waals surface area contributed by atoms with Gasteiger partial charge in [-0.3, -0.25) is 4.79 Å². The van der Waals surface area contributed by atoms with E-state index in [0.29, 0.717) is 19.5 Å². The third kappa shape index (κ3) is 2.69. The van der Waals surface area contributed by atoms with Crippen LogP contribution in [-0.2, 0) is 4.79 Å². The van der Waals surface area contributed by atoms with Crippen LogP contribution < -0.4 is 5.32 Å². The molecule has 0 radical (unpaired) electrons. The number of nitrogens with zero attached hydrogens (tertiary/aromatic N) is 1. The first-order valence-electron chi connectivity index (χ1n) is 5.55. The lowest BCUT2D eigenvalue weighted by atomic mass is 9.94. The summed E-state index contributed by atoms with van der Waals surface area (Å²) < 4.78 is 0. The summed E-state index contributed by atoms with van der Waals surface area (Å²) in [5.41, 5.74) is -0.512.